The largest absolute Gasteiger partial charge is 0.467 e. The summed E-state index contributed by atoms with van der Waals surface area (Å²) < 4.78 is 16.5. The van der Waals surface area contributed by atoms with Crippen LogP contribution in [0.5, 0.6) is 5.75 Å². The Hall–Kier alpha value is -2.47. The number of fused-ring (bicyclic) bond motifs is 3. The van der Waals surface area contributed by atoms with E-state index in [2.05, 4.69) is 0 Å². The summed E-state index contributed by atoms with van der Waals surface area (Å²) in [6.07, 6.45) is -0.278. The van der Waals surface area contributed by atoms with Gasteiger partial charge in [0, 0.05) is 10.9 Å². The molecule has 1 aliphatic heterocycles. The molecule has 0 amide bonds. The zero-order chi connectivity index (χ0) is 20.9. The van der Waals surface area contributed by atoms with Crippen LogP contribution in [0.15, 0.2) is 48.5 Å². The predicted octanol–water partition coefficient (Wildman–Crippen LogP) is 1.99. The third kappa shape index (κ3) is 4.42. The lowest BCUT2D eigenvalue weighted by Crippen LogP contribution is -2.43. The molecule has 29 heavy (non-hydrogen) atoms. The van der Waals surface area contributed by atoms with E-state index < -0.39 is 25.2 Å². The molecule has 0 fully saturated rings. The second kappa shape index (κ2) is 9.35. The highest BCUT2D eigenvalue weighted by molar-refractivity contribution is 7.64. The molecular formula is C21H23O7P. The fraction of sp³-hybridized carbons (Fsp3) is 0.333. The van der Waals surface area contributed by atoms with Crippen molar-refractivity contribution in [1.82, 2.24) is 0 Å². The maximum Gasteiger partial charge on any atom is 0.320 e. The molecule has 2 aromatic carbocycles. The third-order valence-electron chi connectivity index (χ3n) is 4.55. The average molecular weight is 418 g/mol. The second-order valence-electron chi connectivity index (χ2n) is 6.65. The van der Waals surface area contributed by atoms with Gasteiger partial charge in [-0.3, -0.25) is 9.59 Å². The number of esters is 2. The lowest BCUT2D eigenvalue weighted by atomic mass is 10.0. The summed E-state index contributed by atoms with van der Waals surface area (Å²) >= 11 is 0. The number of benzene rings is 2. The van der Waals surface area contributed by atoms with Crippen molar-refractivity contribution < 1.29 is 33.8 Å². The highest BCUT2D eigenvalue weighted by atomic mass is 31.1. The van der Waals surface area contributed by atoms with Crippen molar-refractivity contribution in [2.45, 2.75) is 18.5 Å². The van der Waals surface area contributed by atoms with E-state index >= 15 is 0 Å². The third-order valence-corrected chi connectivity index (χ3v) is 6.99. The van der Waals surface area contributed by atoms with Gasteiger partial charge in [-0.15, -0.1) is 0 Å². The molecule has 0 aliphatic carbocycles. The molecule has 7 nitrogen and oxygen atoms in total. The van der Waals surface area contributed by atoms with E-state index in [4.69, 9.17) is 24.2 Å². The van der Waals surface area contributed by atoms with Gasteiger partial charge in [-0.1, -0.05) is 42.5 Å². The van der Waals surface area contributed by atoms with Crippen LogP contribution in [0.1, 0.15) is 13.3 Å². The fourth-order valence-corrected chi connectivity index (χ4v) is 5.50. The van der Waals surface area contributed by atoms with E-state index in [1.807, 2.05) is 48.5 Å². The summed E-state index contributed by atoms with van der Waals surface area (Å²) in [4.78, 5) is 25.4. The number of aliphatic hydroxyl groups is 2. The lowest BCUT2D eigenvalue weighted by Gasteiger charge is -2.38. The van der Waals surface area contributed by atoms with Gasteiger partial charge in [-0.25, -0.2) is 0 Å². The Labute approximate surface area is 170 Å². The maximum absolute atomic E-state index is 13.0. The van der Waals surface area contributed by atoms with Crippen LogP contribution >= 0.6 is 8.15 Å². The number of aliphatic hydroxyl groups excluding tert-OH is 2. The van der Waals surface area contributed by atoms with E-state index in [-0.39, 0.29) is 32.8 Å². The molecule has 2 atom stereocenters. The van der Waals surface area contributed by atoms with Crippen molar-refractivity contribution in [2.24, 2.45) is 0 Å². The lowest BCUT2D eigenvalue weighted by molar-refractivity contribution is -0.154. The van der Waals surface area contributed by atoms with Crippen LogP contribution in [0, 0.1) is 0 Å². The molecule has 1 aliphatic rings. The standard InChI is InChI=1S/C21H23O7P/c1-21(20(25)27-13-11-23,14-19(24)26-12-10-22)29-18-9-5-3-7-16(18)15-6-2-4-8-17(15)28-29/h2-9,22-23H,10-14H2,1H3. The Morgan fingerprint density at radius 1 is 0.966 bits per heavy atom. The van der Waals surface area contributed by atoms with E-state index in [0.29, 0.717) is 5.75 Å². The first-order valence-electron chi connectivity index (χ1n) is 9.22. The van der Waals surface area contributed by atoms with Crippen LogP contribution in [0.25, 0.3) is 11.1 Å². The van der Waals surface area contributed by atoms with E-state index in [9.17, 15) is 9.59 Å². The Morgan fingerprint density at radius 3 is 2.31 bits per heavy atom. The first-order valence-corrected chi connectivity index (χ1v) is 10.5. The van der Waals surface area contributed by atoms with Gasteiger partial charge in [0.15, 0.2) is 0 Å². The number of carbonyl (C=O) groups excluding carboxylic acids is 2. The van der Waals surface area contributed by atoms with Gasteiger partial charge >= 0.3 is 11.9 Å². The zero-order valence-corrected chi connectivity index (χ0v) is 16.9. The van der Waals surface area contributed by atoms with Crippen LogP contribution < -0.4 is 9.83 Å². The Kier molecular flexibility index (Phi) is 6.85. The topological polar surface area (TPSA) is 102 Å². The summed E-state index contributed by atoms with van der Waals surface area (Å²) in [5.74, 6) is -0.653. The predicted molar refractivity (Wildman–Crippen MR) is 108 cm³/mol. The van der Waals surface area contributed by atoms with E-state index in [0.717, 1.165) is 16.4 Å². The SMILES string of the molecule is CC(CC(=O)OCCO)(C(=O)OCCO)P1Oc2ccccc2-c2ccccc21. The number of hydrogen-bond acceptors (Lipinski definition) is 7. The minimum Gasteiger partial charge on any atom is -0.467 e. The molecule has 3 rings (SSSR count). The molecule has 8 heteroatoms. The highest BCUT2D eigenvalue weighted by Crippen LogP contribution is 2.58. The Bertz CT molecular complexity index is 885. The summed E-state index contributed by atoms with van der Waals surface area (Å²) in [6.45, 7) is 0.650. The molecule has 0 bridgehead atoms. The summed E-state index contributed by atoms with van der Waals surface area (Å²) in [7, 11) is -1.64. The molecule has 0 radical (unpaired) electrons. The van der Waals surface area contributed by atoms with E-state index in [1.54, 1.807) is 6.92 Å². The van der Waals surface area contributed by atoms with Crippen molar-refractivity contribution in [1.29, 1.82) is 0 Å². The fourth-order valence-electron chi connectivity index (χ4n) is 3.17. The van der Waals surface area contributed by atoms with Crippen LogP contribution in [0.2, 0.25) is 0 Å². The van der Waals surface area contributed by atoms with Crippen molar-refractivity contribution >= 4 is 25.4 Å². The van der Waals surface area contributed by atoms with Crippen LogP contribution in [0.3, 0.4) is 0 Å². The molecule has 2 unspecified atom stereocenters. The molecule has 0 spiro atoms. The Morgan fingerprint density at radius 2 is 1.59 bits per heavy atom. The van der Waals surface area contributed by atoms with E-state index in [1.165, 1.54) is 0 Å². The first kappa shape index (κ1) is 21.2. The van der Waals surface area contributed by atoms with Gasteiger partial charge in [0.1, 0.15) is 32.3 Å². The van der Waals surface area contributed by atoms with Crippen molar-refractivity contribution in [3.63, 3.8) is 0 Å². The maximum atomic E-state index is 13.0. The smallest absolute Gasteiger partial charge is 0.320 e. The summed E-state index contributed by atoms with van der Waals surface area (Å²) in [5.41, 5.74) is 1.85. The summed E-state index contributed by atoms with van der Waals surface area (Å²) in [5, 5.41) is 17.4. The van der Waals surface area contributed by atoms with Gasteiger partial charge in [-0.05, 0) is 18.6 Å². The molecule has 0 aromatic heterocycles. The molecule has 0 saturated carbocycles. The number of hydrogen-bond donors (Lipinski definition) is 2. The summed E-state index contributed by atoms with van der Waals surface area (Å²) in [6, 6.07) is 15.1. The number of para-hydroxylation sites is 1. The van der Waals surface area contributed by atoms with Crippen LogP contribution in [0.4, 0.5) is 0 Å². The molecule has 2 aromatic rings. The average Bonchev–Trinajstić information content (AvgIpc) is 2.75. The highest BCUT2D eigenvalue weighted by Gasteiger charge is 2.50. The van der Waals surface area contributed by atoms with Crippen molar-refractivity contribution in [3.8, 4) is 16.9 Å². The van der Waals surface area contributed by atoms with Crippen LogP contribution in [-0.2, 0) is 19.1 Å². The Balaban J connectivity index is 2.03. The van der Waals surface area contributed by atoms with Gasteiger partial charge < -0.3 is 24.2 Å². The number of carbonyl (C=O) groups is 2. The van der Waals surface area contributed by atoms with Crippen molar-refractivity contribution in [2.75, 3.05) is 26.4 Å². The quantitative estimate of drug-likeness (QED) is 0.499. The van der Waals surface area contributed by atoms with Gasteiger partial charge in [0.05, 0.1) is 19.6 Å². The van der Waals surface area contributed by atoms with Gasteiger partial charge in [-0.2, -0.15) is 0 Å². The minimum atomic E-state index is -1.64. The van der Waals surface area contributed by atoms with Gasteiger partial charge in [0.25, 0.3) is 0 Å². The minimum absolute atomic E-state index is 0.154. The van der Waals surface area contributed by atoms with Crippen molar-refractivity contribution in [3.05, 3.63) is 48.5 Å². The van der Waals surface area contributed by atoms with Crippen LogP contribution in [-0.4, -0.2) is 53.7 Å². The molecule has 1 heterocycles. The zero-order valence-electron chi connectivity index (χ0n) is 16.0. The first-order chi connectivity index (χ1) is 14.0. The number of rotatable bonds is 8. The monoisotopic (exact) mass is 418 g/mol. The number of ether oxygens (including phenoxy) is 2. The molecule has 154 valence electrons. The molecular weight excluding hydrogens is 395 g/mol. The molecule has 0 saturated heterocycles. The molecule has 2 N–H and O–H groups in total. The second-order valence-corrected chi connectivity index (χ2v) is 8.89. The normalized spacial score (nSPS) is 16.6. The van der Waals surface area contributed by atoms with Gasteiger partial charge in [0.2, 0.25) is 0 Å².